The van der Waals surface area contributed by atoms with E-state index in [4.69, 9.17) is 0 Å². The van der Waals surface area contributed by atoms with E-state index in [2.05, 4.69) is 48.1 Å². The summed E-state index contributed by atoms with van der Waals surface area (Å²) in [5, 5.41) is 4.25. The highest BCUT2D eigenvalue weighted by Gasteiger charge is 2.23. The molecule has 2 heterocycles. The molecule has 1 aliphatic rings. The summed E-state index contributed by atoms with van der Waals surface area (Å²) < 4.78 is 1.38. The molecule has 1 saturated heterocycles. The van der Waals surface area contributed by atoms with Crippen molar-refractivity contribution in [1.82, 2.24) is 19.6 Å². The SMILES string of the molecule is CCCn1nc(C(=O)N2CCN(Cc3ccc(C(C)C)cc3)CC2)ccc1=O. The van der Waals surface area contributed by atoms with Gasteiger partial charge in [0.25, 0.3) is 11.5 Å². The fraction of sp³-hybridized carbons (Fsp3) is 0.500. The largest absolute Gasteiger partial charge is 0.335 e. The van der Waals surface area contributed by atoms with Crippen molar-refractivity contribution in [3.63, 3.8) is 0 Å². The lowest BCUT2D eigenvalue weighted by Crippen LogP contribution is -2.48. The normalized spacial score (nSPS) is 15.2. The van der Waals surface area contributed by atoms with Crippen molar-refractivity contribution >= 4 is 5.91 Å². The molecule has 0 spiro atoms. The Morgan fingerprint density at radius 2 is 1.71 bits per heavy atom. The zero-order chi connectivity index (χ0) is 20.1. The third-order valence-electron chi connectivity index (χ3n) is 5.23. The molecule has 1 aliphatic heterocycles. The van der Waals surface area contributed by atoms with Crippen LogP contribution in [-0.4, -0.2) is 51.7 Å². The van der Waals surface area contributed by atoms with E-state index in [1.165, 1.54) is 21.9 Å². The Kier molecular flexibility index (Phi) is 6.62. The van der Waals surface area contributed by atoms with Gasteiger partial charge in [-0.15, -0.1) is 0 Å². The lowest BCUT2D eigenvalue weighted by Gasteiger charge is -2.34. The molecular weight excluding hydrogens is 352 g/mol. The van der Waals surface area contributed by atoms with Crippen molar-refractivity contribution in [3.05, 3.63) is 63.6 Å². The second-order valence-electron chi connectivity index (χ2n) is 7.74. The van der Waals surface area contributed by atoms with E-state index in [9.17, 15) is 9.59 Å². The van der Waals surface area contributed by atoms with Crippen LogP contribution >= 0.6 is 0 Å². The Morgan fingerprint density at radius 1 is 1.04 bits per heavy atom. The zero-order valence-electron chi connectivity index (χ0n) is 17.1. The quantitative estimate of drug-likeness (QED) is 0.771. The maximum Gasteiger partial charge on any atom is 0.274 e. The summed E-state index contributed by atoms with van der Waals surface area (Å²) in [6, 6.07) is 11.8. The summed E-state index contributed by atoms with van der Waals surface area (Å²) in [6.45, 7) is 10.9. The van der Waals surface area contributed by atoms with Crippen molar-refractivity contribution in [1.29, 1.82) is 0 Å². The number of carbonyl (C=O) groups is 1. The van der Waals surface area contributed by atoms with Crippen LogP contribution < -0.4 is 5.56 Å². The number of hydrogen-bond acceptors (Lipinski definition) is 4. The first-order valence-electron chi connectivity index (χ1n) is 10.2. The third kappa shape index (κ3) is 4.87. The fourth-order valence-corrected chi connectivity index (χ4v) is 3.47. The minimum atomic E-state index is -0.160. The first kappa shape index (κ1) is 20.3. The van der Waals surface area contributed by atoms with Crippen LogP contribution in [0.1, 0.15) is 54.7 Å². The molecule has 0 unspecified atom stereocenters. The average molecular weight is 383 g/mol. The topological polar surface area (TPSA) is 58.4 Å². The molecule has 1 aromatic carbocycles. The fourth-order valence-electron chi connectivity index (χ4n) is 3.47. The van der Waals surface area contributed by atoms with E-state index >= 15 is 0 Å². The number of benzene rings is 1. The lowest BCUT2D eigenvalue weighted by molar-refractivity contribution is 0.0620. The van der Waals surface area contributed by atoms with Gasteiger partial charge in [0.1, 0.15) is 5.69 Å². The Balaban J connectivity index is 1.56. The van der Waals surface area contributed by atoms with Crippen LogP contribution in [0.25, 0.3) is 0 Å². The molecule has 6 nitrogen and oxygen atoms in total. The molecule has 0 N–H and O–H groups in total. The number of aryl methyl sites for hydroxylation is 1. The predicted octanol–water partition coefficient (Wildman–Crippen LogP) is 2.73. The number of carbonyl (C=O) groups excluding carboxylic acids is 1. The van der Waals surface area contributed by atoms with Gasteiger partial charge in [-0.25, -0.2) is 4.68 Å². The van der Waals surface area contributed by atoms with E-state index in [0.29, 0.717) is 31.2 Å². The highest BCUT2D eigenvalue weighted by atomic mass is 16.2. The maximum atomic E-state index is 12.8. The molecule has 150 valence electrons. The van der Waals surface area contributed by atoms with Crippen molar-refractivity contribution < 1.29 is 4.79 Å². The smallest absolute Gasteiger partial charge is 0.274 e. The van der Waals surface area contributed by atoms with Crippen molar-refractivity contribution in [2.45, 2.75) is 46.2 Å². The number of aromatic nitrogens is 2. The van der Waals surface area contributed by atoms with Crippen molar-refractivity contribution in [2.24, 2.45) is 0 Å². The van der Waals surface area contributed by atoms with Crippen molar-refractivity contribution in [3.8, 4) is 0 Å². The zero-order valence-corrected chi connectivity index (χ0v) is 17.1. The van der Waals surface area contributed by atoms with Crippen LogP contribution in [0, 0.1) is 0 Å². The van der Waals surface area contributed by atoms with Gasteiger partial charge in [-0.1, -0.05) is 45.0 Å². The number of nitrogens with zero attached hydrogens (tertiary/aromatic N) is 4. The van der Waals surface area contributed by atoms with Gasteiger partial charge in [0.05, 0.1) is 0 Å². The Labute approximate surface area is 166 Å². The van der Waals surface area contributed by atoms with Crippen LogP contribution in [0.5, 0.6) is 0 Å². The van der Waals surface area contributed by atoms with E-state index in [0.717, 1.165) is 26.1 Å². The molecule has 1 amide bonds. The van der Waals surface area contributed by atoms with Crippen LogP contribution in [0.15, 0.2) is 41.2 Å². The average Bonchev–Trinajstić information content (AvgIpc) is 2.70. The Bertz CT molecular complexity index is 850. The van der Waals surface area contributed by atoms with E-state index in [1.807, 2.05) is 11.8 Å². The van der Waals surface area contributed by atoms with Gasteiger partial charge in [0, 0.05) is 45.3 Å². The van der Waals surface area contributed by atoms with E-state index < -0.39 is 0 Å². The molecule has 0 aliphatic carbocycles. The summed E-state index contributed by atoms with van der Waals surface area (Å²) in [7, 11) is 0. The summed E-state index contributed by atoms with van der Waals surface area (Å²) >= 11 is 0. The third-order valence-corrected chi connectivity index (χ3v) is 5.23. The molecule has 0 saturated carbocycles. The first-order chi connectivity index (χ1) is 13.5. The molecule has 0 radical (unpaired) electrons. The van der Waals surface area contributed by atoms with E-state index in [1.54, 1.807) is 6.07 Å². The number of piperazine rings is 1. The highest BCUT2D eigenvalue weighted by Crippen LogP contribution is 2.16. The number of amides is 1. The maximum absolute atomic E-state index is 12.8. The second kappa shape index (κ2) is 9.15. The minimum absolute atomic E-state index is 0.0919. The number of rotatable bonds is 6. The number of hydrogen-bond donors (Lipinski definition) is 0. The molecule has 1 aromatic heterocycles. The van der Waals surface area contributed by atoms with Gasteiger partial charge < -0.3 is 4.90 Å². The standard InChI is InChI=1S/C22H30N4O2/c1-4-11-26-21(27)10-9-20(23-26)22(28)25-14-12-24(13-15-25)16-18-5-7-19(8-6-18)17(2)3/h5-10,17H,4,11-16H2,1-3H3. The molecule has 6 heteroatoms. The van der Waals surface area contributed by atoms with Gasteiger partial charge >= 0.3 is 0 Å². The first-order valence-corrected chi connectivity index (χ1v) is 10.2. The molecule has 0 atom stereocenters. The highest BCUT2D eigenvalue weighted by molar-refractivity contribution is 5.92. The van der Waals surface area contributed by atoms with Gasteiger partial charge in [0.15, 0.2) is 0 Å². The Morgan fingerprint density at radius 3 is 2.32 bits per heavy atom. The molecule has 2 aromatic rings. The van der Waals surface area contributed by atoms with Gasteiger partial charge in [-0.2, -0.15) is 5.10 Å². The summed E-state index contributed by atoms with van der Waals surface area (Å²) in [5.74, 6) is 0.453. The van der Waals surface area contributed by atoms with Crippen LogP contribution in [-0.2, 0) is 13.1 Å². The second-order valence-corrected chi connectivity index (χ2v) is 7.74. The summed E-state index contributed by atoms with van der Waals surface area (Å²) in [5.41, 5.74) is 2.85. The summed E-state index contributed by atoms with van der Waals surface area (Å²) in [6.07, 6.45) is 0.807. The van der Waals surface area contributed by atoms with Gasteiger partial charge in [-0.3, -0.25) is 14.5 Å². The van der Waals surface area contributed by atoms with E-state index in [-0.39, 0.29) is 11.5 Å². The molecule has 28 heavy (non-hydrogen) atoms. The minimum Gasteiger partial charge on any atom is -0.335 e. The van der Waals surface area contributed by atoms with Gasteiger partial charge in [-0.05, 0) is 29.5 Å². The Hall–Kier alpha value is -2.47. The predicted molar refractivity (Wildman–Crippen MR) is 110 cm³/mol. The lowest BCUT2D eigenvalue weighted by atomic mass is 10.0. The molecule has 3 rings (SSSR count). The monoisotopic (exact) mass is 382 g/mol. The van der Waals surface area contributed by atoms with Crippen LogP contribution in [0.2, 0.25) is 0 Å². The molecule has 1 fully saturated rings. The molecule has 0 bridgehead atoms. The van der Waals surface area contributed by atoms with Gasteiger partial charge in [0.2, 0.25) is 0 Å². The van der Waals surface area contributed by atoms with Crippen LogP contribution in [0.4, 0.5) is 0 Å². The summed E-state index contributed by atoms with van der Waals surface area (Å²) in [4.78, 5) is 28.8. The van der Waals surface area contributed by atoms with Crippen LogP contribution in [0.3, 0.4) is 0 Å². The van der Waals surface area contributed by atoms with Crippen molar-refractivity contribution in [2.75, 3.05) is 26.2 Å². The molecular formula is C22H30N4O2.